The average Bonchev–Trinajstić information content (AvgIpc) is 3.21. The van der Waals surface area contributed by atoms with Gasteiger partial charge in [0, 0.05) is 36.9 Å². The van der Waals surface area contributed by atoms with Gasteiger partial charge in [0.1, 0.15) is 5.92 Å². The summed E-state index contributed by atoms with van der Waals surface area (Å²) in [6, 6.07) is 8.80. The molecule has 0 bridgehead atoms. The summed E-state index contributed by atoms with van der Waals surface area (Å²) in [4.78, 5) is 37.1. The van der Waals surface area contributed by atoms with Crippen LogP contribution in [-0.2, 0) is 4.79 Å². The summed E-state index contributed by atoms with van der Waals surface area (Å²) in [5.74, 6) is -0.843. The van der Waals surface area contributed by atoms with Crippen LogP contribution >= 0.6 is 11.6 Å². The van der Waals surface area contributed by atoms with E-state index < -0.39 is 11.8 Å². The quantitative estimate of drug-likeness (QED) is 0.676. The molecule has 2 amide bonds. The number of halogens is 1. The Morgan fingerprint density at radius 3 is 2.77 bits per heavy atom. The fourth-order valence-electron chi connectivity index (χ4n) is 3.32. The standard InChI is InChI=1S/C21H24ClN7O2/c1-28(2)12-15(9-23)19(30)26-17-5-3-4-14(8-17)20(31)29-7-6-18(13-29)27-21-24-10-16(22)11-25-21/h3-5,8,10-11,15,18H,6-7,12-13H2,1-2H3,(H,26,30)(H,24,25,27)/t15?,18-/m1/s1. The Labute approximate surface area is 186 Å². The number of rotatable bonds is 7. The van der Waals surface area contributed by atoms with Gasteiger partial charge in [0.15, 0.2) is 0 Å². The van der Waals surface area contributed by atoms with E-state index in [1.807, 2.05) is 6.07 Å². The van der Waals surface area contributed by atoms with Crippen LogP contribution < -0.4 is 10.6 Å². The van der Waals surface area contributed by atoms with Gasteiger partial charge in [-0.3, -0.25) is 9.59 Å². The molecule has 1 aromatic heterocycles. The summed E-state index contributed by atoms with van der Waals surface area (Å²) in [6.07, 6.45) is 3.80. The number of carbonyl (C=O) groups is 2. The maximum atomic E-state index is 12.9. The number of hydrogen-bond donors (Lipinski definition) is 2. The molecule has 9 nitrogen and oxygen atoms in total. The molecule has 0 saturated carbocycles. The van der Waals surface area contributed by atoms with Crippen molar-refractivity contribution in [2.75, 3.05) is 44.4 Å². The fraction of sp³-hybridized carbons (Fsp3) is 0.381. The largest absolute Gasteiger partial charge is 0.350 e. The molecule has 0 radical (unpaired) electrons. The lowest BCUT2D eigenvalue weighted by molar-refractivity contribution is -0.118. The van der Waals surface area contributed by atoms with E-state index in [0.29, 0.717) is 41.9 Å². The number of likely N-dealkylation sites (tertiary alicyclic amines) is 1. The molecule has 2 heterocycles. The molecule has 1 unspecified atom stereocenters. The van der Waals surface area contributed by atoms with Crippen molar-refractivity contribution < 1.29 is 9.59 Å². The Morgan fingerprint density at radius 2 is 2.10 bits per heavy atom. The number of anilines is 2. The van der Waals surface area contributed by atoms with E-state index in [1.54, 1.807) is 48.2 Å². The molecule has 2 N–H and O–H groups in total. The second-order valence-electron chi connectivity index (χ2n) is 7.62. The summed E-state index contributed by atoms with van der Waals surface area (Å²) in [5, 5.41) is 15.6. The Balaban J connectivity index is 1.60. The van der Waals surface area contributed by atoms with Crippen molar-refractivity contribution >= 4 is 35.1 Å². The summed E-state index contributed by atoms with van der Waals surface area (Å²) in [5.41, 5.74) is 0.959. The molecule has 1 saturated heterocycles. The molecule has 1 aliphatic heterocycles. The highest BCUT2D eigenvalue weighted by Crippen LogP contribution is 2.19. The predicted molar refractivity (Wildman–Crippen MR) is 118 cm³/mol. The molecule has 1 fully saturated rings. The number of nitriles is 1. The van der Waals surface area contributed by atoms with Gasteiger partial charge >= 0.3 is 0 Å². The van der Waals surface area contributed by atoms with Crippen LogP contribution in [0.5, 0.6) is 0 Å². The summed E-state index contributed by atoms with van der Waals surface area (Å²) in [6.45, 7) is 1.43. The van der Waals surface area contributed by atoms with Crippen LogP contribution in [0.25, 0.3) is 0 Å². The number of nitrogens with one attached hydrogen (secondary N) is 2. The van der Waals surface area contributed by atoms with Gasteiger partial charge in [-0.1, -0.05) is 17.7 Å². The SMILES string of the molecule is CN(C)CC(C#N)C(=O)Nc1cccc(C(=O)N2CC[C@@H](Nc3ncc(Cl)cn3)C2)c1. The smallest absolute Gasteiger partial charge is 0.254 e. The molecule has 2 atom stereocenters. The zero-order valence-electron chi connectivity index (χ0n) is 17.4. The van der Waals surface area contributed by atoms with Gasteiger partial charge in [-0.05, 0) is 38.7 Å². The van der Waals surface area contributed by atoms with Crippen LogP contribution in [0.3, 0.4) is 0 Å². The third kappa shape index (κ3) is 6.13. The average molecular weight is 442 g/mol. The van der Waals surface area contributed by atoms with Crippen molar-refractivity contribution in [3.63, 3.8) is 0 Å². The summed E-state index contributed by atoms with van der Waals surface area (Å²) in [7, 11) is 3.60. The van der Waals surface area contributed by atoms with Crippen molar-refractivity contribution in [1.29, 1.82) is 5.26 Å². The monoisotopic (exact) mass is 441 g/mol. The Kier molecular flexibility index (Phi) is 7.39. The molecule has 3 rings (SSSR count). The number of aromatic nitrogens is 2. The van der Waals surface area contributed by atoms with Gasteiger partial charge in [0.25, 0.3) is 5.91 Å². The summed E-state index contributed by atoms with van der Waals surface area (Å²) >= 11 is 5.80. The number of nitrogens with zero attached hydrogens (tertiary/aromatic N) is 5. The third-order valence-corrected chi connectivity index (χ3v) is 5.02. The maximum Gasteiger partial charge on any atom is 0.254 e. The molecule has 162 valence electrons. The minimum atomic E-state index is -0.796. The van der Waals surface area contributed by atoms with Gasteiger partial charge in [-0.15, -0.1) is 0 Å². The van der Waals surface area contributed by atoms with Crippen LogP contribution in [0.2, 0.25) is 5.02 Å². The van der Waals surface area contributed by atoms with E-state index in [1.165, 1.54) is 12.4 Å². The topological polar surface area (TPSA) is 114 Å². The van der Waals surface area contributed by atoms with Gasteiger partial charge in [-0.25, -0.2) is 9.97 Å². The normalized spacial score (nSPS) is 16.6. The lowest BCUT2D eigenvalue weighted by Gasteiger charge is -2.18. The van der Waals surface area contributed by atoms with E-state index >= 15 is 0 Å². The molecule has 2 aromatic rings. The second kappa shape index (κ2) is 10.2. The van der Waals surface area contributed by atoms with Crippen LogP contribution in [0.1, 0.15) is 16.8 Å². The van der Waals surface area contributed by atoms with Gasteiger partial charge in [0.2, 0.25) is 11.9 Å². The van der Waals surface area contributed by atoms with Crippen LogP contribution in [0, 0.1) is 17.2 Å². The first-order valence-electron chi connectivity index (χ1n) is 9.84. The Hall–Kier alpha value is -3.22. The van der Waals surface area contributed by atoms with Crippen molar-refractivity contribution in [1.82, 2.24) is 19.8 Å². The lowest BCUT2D eigenvalue weighted by atomic mass is 10.1. The number of carbonyl (C=O) groups excluding carboxylic acids is 2. The lowest BCUT2D eigenvalue weighted by Crippen LogP contribution is -2.32. The van der Waals surface area contributed by atoms with Crippen molar-refractivity contribution in [3.8, 4) is 6.07 Å². The Bertz CT molecular complexity index is 974. The first-order chi connectivity index (χ1) is 14.9. The molecule has 10 heteroatoms. The van der Waals surface area contributed by atoms with Gasteiger partial charge in [-0.2, -0.15) is 5.26 Å². The maximum absolute atomic E-state index is 12.9. The number of hydrogen-bond acceptors (Lipinski definition) is 7. The number of benzene rings is 1. The van der Waals surface area contributed by atoms with E-state index in [-0.39, 0.29) is 11.9 Å². The first-order valence-corrected chi connectivity index (χ1v) is 10.2. The predicted octanol–water partition coefficient (Wildman–Crippen LogP) is 2.10. The van der Waals surface area contributed by atoms with E-state index in [4.69, 9.17) is 11.6 Å². The van der Waals surface area contributed by atoms with E-state index in [9.17, 15) is 14.9 Å². The molecule has 1 aromatic carbocycles. The molecular weight excluding hydrogens is 418 g/mol. The van der Waals surface area contributed by atoms with Crippen LogP contribution in [-0.4, -0.2) is 71.4 Å². The first kappa shape index (κ1) is 22.5. The Morgan fingerprint density at radius 1 is 1.35 bits per heavy atom. The molecule has 31 heavy (non-hydrogen) atoms. The van der Waals surface area contributed by atoms with Gasteiger partial charge < -0.3 is 20.4 Å². The van der Waals surface area contributed by atoms with Crippen LogP contribution in [0.4, 0.5) is 11.6 Å². The van der Waals surface area contributed by atoms with Crippen molar-refractivity contribution in [2.45, 2.75) is 12.5 Å². The molecule has 0 aliphatic carbocycles. The fourth-order valence-corrected chi connectivity index (χ4v) is 3.42. The molecule has 0 spiro atoms. The van der Waals surface area contributed by atoms with Crippen LogP contribution in [0.15, 0.2) is 36.7 Å². The minimum Gasteiger partial charge on any atom is -0.350 e. The highest BCUT2D eigenvalue weighted by atomic mass is 35.5. The van der Waals surface area contributed by atoms with Crippen molar-refractivity contribution in [3.05, 3.63) is 47.2 Å². The zero-order chi connectivity index (χ0) is 22.4. The van der Waals surface area contributed by atoms with Gasteiger partial charge in [0.05, 0.1) is 23.5 Å². The summed E-state index contributed by atoms with van der Waals surface area (Å²) < 4.78 is 0. The highest BCUT2D eigenvalue weighted by molar-refractivity contribution is 6.30. The molecule has 1 aliphatic rings. The van der Waals surface area contributed by atoms with E-state index in [0.717, 1.165) is 6.42 Å². The van der Waals surface area contributed by atoms with E-state index in [2.05, 4.69) is 20.6 Å². The second-order valence-corrected chi connectivity index (χ2v) is 8.06. The molecular formula is C21H24ClN7O2. The zero-order valence-corrected chi connectivity index (χ0v) is 18.1. The third-order valence-electron chi connectivity index (χ3n) is 4.83. The van der Waals surface area contributed by atoms with Crippen molar-refractivity contribution in [2.24, 2.45) is 5.92 Å². The minimum absolute atomic E-state index is 0.0374. The number of amides is 2. The highest BCUT2D eigenvalue weighted by Gasteiger charge is 2.27.